The number of benzene rings is 7. The SMILES string of the molecule is c1ccc(-c2cc(-c3ccc4ccc5cccc6ccc3c4c56)nc(-c3ccccc3-c3ccccc3)n2)cc1. The van der Waals surface area contributed by atoms with Gasteiger partial charge >= 0.3 is 0 Å². The van der Waals surface area contributed by atoms with E-state index in [0.29, 0.717) is 0 Å². The quantitative estimate of drug-likeness (QED) is 0.221. The van der Waals surface area contributed by atoms with E-state index in [-0.39, 0.29) is 0 Å². The second kappa shape index (κ2) is 9.14. The molecule has 0 fully saturated rings. The van der Waals surface area contributed by atoms with Gasteiger partial charge in [0.15, 0.2) is 5.82 Å². The summed E-state index contributed by atoms with van der Waals surface area (Å²) in [6.07, 6.45) is 0. The Kier molecular flexibility index (Phi) is 5.17. The van der Waals surface area contributed by atoms with Crippen LogP contribution in [0.15, 0.2) is 146 Å². The predicted octanol–water partition coefficient (Wildman–Crippen LogP) is 10.0. The zero-order chi connectivity index (χ0) is 26.5. The van der Waals surface area contributed by atoms with Gasteiger partial charge in [-0.3, -0.25) is 0 Å². The number of hydrogen-bond donors (Lipinski definition) is 0. The minimum absolute atomic E-state index is 0.724. The molecule has 0 amide bonds. The second-order valence-electron chi connectivity index (χ2n) is 10.2. The van der Waals surface area contributed by atoms with E-state index >= 15 is 0 Å². The molecular weight excluding hydrogens is 484 g/mol. The van der Waals surface area contributed by atoms with E-state index in [1.165, 1.54) is 32.3 Å². The van der Waals surface area contributed by atoms with Crippen LogP contribution in [0, 0.1) is 0 Å². The molecular formula is C38H24N2. The third kappa shape index (κ3) is 3.65. The van der Waals surface area contributed by atoms with Crippen molar-refractivity contribution in [3.05, 3.63) is 146 Å². The maximum absolute atomic E-state index is 5.26. The average molecular weight is 509 g/mol. The lowest BCUT2D eigenvalue weighted by atomic mass is 9.91. The summed E-state index contributed by atoms with van der Waals surface area (Å²) in [7, 11) is 0. The third-order valence-electron chi connectivity index (χ3n) is 7.85. The van der Waals surface area contributed by atoms with Crippen molar-refractivity contribution >= 4 is 32.3 Å². The van der Waals surface area contributed by atoms with E-state index in [4.69, 9.17) is 9.97 Å². The molecule has 0 saturated heterocycles. The molecule has 40 heavy (non-hydrogen) atoms. The Hall–Kier alpha value is -5.34. The normalized spacial score (nSPS) is 11.5. The summed E-state index contributed by atoms with van der Waals surface area (Å²) < 4.78 is 0. The van der Waals surface area contributed by atoms with Crippen LogP contribution in [0.3, 0.4) is 0 Å². The van der Waals surface area contributed by atoms with Crippen LogP contribution < -0.4 is 0 Å². The molecule has 7 aromatic carbocycles. The highest BCUT2D eigenvalue weighted by Gasteiger charge is 2.17. The number of nitrogens with zero attached hydrogens (tertiary/aromatic N) is 2. The maximum Gasteiger partial charge on any atom is 0.161 e. The first-order chi connectivity index (χ1) is 19.8. The summed E-state index contributed by atoms with van der Waals surface area (Å²) in [6, 6.07) is 51.3. The molecule has 1 heterocycles. The van der Waals surface area contributed by atoms with E-state index in [0.717, 1.165) is 45.0 Å². The Balaban J connectivity index is 1.42. The first kappa shape index (κ1) is 22.6. The Bertz CT molecular complexity index is 2130. The van der Waals surface area contributed by atoms with Gasteiger partial charge in [0.2, 0.25) is 0 Å². The lowest BCUT2D eigenvalue weighted by Crippen LogP contribution is -1.98. The Morgan fingerprint density at radius 1 is 0.350 bits per heavy atom. The minimum atomic E-state index is 0.724. The molecule has 1 aromatic heterocycles. The van der Waals surface area contributed by atoms with Crippen LogP contribution in [0.4, 0.5) is 0 Å². The van der Waals surface area contributed by atoms with Crippen LogP contribution in [0.2, 0.25) is 0 Å². The molecule has 0 aliphatic rings. The van der Waals surface area contributed by atoms with Gasteiger partial charge < -0.3 is 0 Å². The molecule has 186 valence electrons. The van der Waals surface area contributed by atoms with Crippen molar-refractivity contribution in [1.82, 2.24) is 9.97 Å². The van der Waals surface area contributed by atoms with Crippen LogP contribution in [-0.4, -0.2) is 9.97 Å². The molecule has 0 atom stereocenters. The van der Waals surface area contributed by atoms with Gasteiger partial charge in [0.1, 0.15) is 0 Å². The van der Waals surface area contributed by atoms with Gasteiger partial charge in [-0.05, 0) is 49.5 Å². The van der Waals surface area contributed by atoms with E-state index in [9.17, 15) is 0 Å². The number of rotatable bonds is 4. The fourth-order valence-corrected chi connectivity index (χ4v) is 5.97. The lowest BCUT2D eigenvalue weighted by molar-refractivity contribution is 1.19. The van der Waals surface area contributed by atoms with E-state index < -0.39 is 0 Å². The molecule has 0 saturated carbocycles. The summed E-state index contributed by atoms with van der Waals surface area (Å²) in [5.74, 6) is 0.724. The molecule has 0 radical (unpaired) electrons. The molecule has 0 aliphatic heterocycles. The minimum Gasteiger partial charge on any atom is -0.228 e. The van der Waals surface area contributed by atoms with Crippen molar-refractivity contribution in [2.45, 2.75) is 0 Å². The van der Waals surface area contributed by atoms with Crippen LogP contribution in [0.1, 0.15) is 0 Å². The third-order valence-corrected chi connectivity index (χ3v) is 7.85. The van der Waals surface area contributed by atoms with E-state index in [1.54, 1.807) is 0 Å². The first-order valence-electron chi connectivity index (χ1n) is 13.6. The average Bonchev–Trinajstić information content (AvgIpc) is 3.04. The highest BCUT2D eigenvalue weighted by Crippen LogP contribution is 2.40. The van der Waals surface area contributed by atoms with Crippen molar-refractivity contribution in [2.24, 2.45) is 0 Å². The van der Waals surface area contributed by atoms with Gasteiger partial charge in [-0.1, -0.05) is 140 Å². The van der Waals surface area contributed by atoms with Crippen molar-refractivity contribution < 1.29 is 0 Å². The van der Waals surface area contributed by atoms with Gasteiger partial charge in [-0.2, -0.15) is 0 Å². The monoisotopic (exact) mass is 508 g/mol. The van der Waals surface area contributed by atoms with Gasteiger partial charge in [0.05, 0.1) is 11.4 Å². The highest BCUT2D eigenvalue weighted by molar-refractivity contribution is 6.25. The molecule has 0 spiro atoms. The van der Waals surface area contributed by atoms with E-state index in [2.05, 4.69) is 133 Å². The van der Waals surface area contributed by atoms with Crippen LogP contribution >= 0.6 is 0 Å². The van der Waals surface area contributed by atoms with Crippen molar-refractivity contribution in [1.29, 1.82) is 0 Å². The van der Waals surface area contributed by atoms with E-state index in [1.807, 2.05) is 12.1 Å². The summed E-state index contributed by atoms with van der Waals surface area (Å²) >= 11 is 0. The first-order valence-corrected chi connectivity index (χ1v) is 13.6. The Labute approximate surface area is 232 Å². The van der Waals surface area contributed by atoms with Crippen LogP contribution in [-0.2, 0) is 0 Å². The number of hydrogen-bond acceptors (Lipinski definition) is 2. The molecule has 0 unspecified atom stereocenters. The zero-order valence-electron chi connectivity index (χ0n) is 21.8. The fraction of sp³-hybridized carbons (Fsp3) is 0. The van der Waals surface area contributed by atoms with Crippen molar-refractivity contribution in [2.75, 3.05) is 0 Å². The second-order valence-corrected chi connectivity index (χ2v) is 10.2. The summed E-state index contributed by atoms with van der Waals surface area (Å²) in [4.78, 5) is 10.4. The molecule has 0 aliphatic carbocycles. The van der Waals surface area contributed by atoms with Gasteiger partial charge in [-0.15, -0.1) is 0 Å². The Morgan fingerprint density at radius 3 is 1.68 bits per heavy atom. The van der Waals surface area contributed by atoms with Crippen LogP contribution in [0.5, 0.6) is 0 Å². The summed E-state index contributed by atoms with van der Waals surface area (Å²) in [5.41, 5.74) is 7.31. The molecule has 0 N–H and O–H groups in total. The zero-order valence-corrected chi connectivity index (χ0v) is 21.8. The molecule has 0 bridgehead atoms. The highest BCUT2D eigenvalue weighted by atomic mass is 14.9. The van der Waals surface area contributed by atoms with Gasteiger partial charge in [0, 0.05) is 16.7 Å². The Morgan fingerprint density at radius 2 is 0.925 bits per heavy atom. The fourth-order valence-electron chi connectivity index (χ4n) is 5.97. The maximum atomic E-state index is 5.26. The van der Waals surface area contributed by atoms with Gasteiger partial charge in [0.25, 0.3) is 0 Å². The molecule has 2 heteroatoms. The van der Waals surface area contributed by atoms with Crippen LogP contribution in [0.25, 0.3) is 77.3 Å². The van der Waals surface area contributed by atoms with Crippen molar-refractivity contribution in [3.8, 4) is 45.0 Å². The topological polar surface area (TPSA) is 25.8 Å². The standard InChI is InChI=1S/C38H24N2/c1-3-10-25(11-4-1)30-16-7-8-17-33(30)38-39-34(26-12-5-2-6-13-26)24-35(40-38)31-22-20-29-19-18-27-14-9-15-28-21-23-32(31)37(29)36(27)28/h1-24H. The van der Waals surface area contributed by atoms with Gasteiger partial charge in [-0.25, -0.2) is 9.97 Å². The molecule has 2 nitrogen and oxygen atoms in total. The molecule has 8 aromatic rings. The molecule has 8 rings (SSSR count). The largest absolute Gasteiger partial charge is 0.228 e. The smallest absolute Gasteiger partial charge is 0.161 e. The lowest BCUT2D eigenvalue weighted by Gasteiger charge is -2.16. The summed E-state index contributed by atoms with van der Waals surface area (Å²) in [5, 5.41) is 7.58. The summed E-state index contributed by atoms with van der Waals surface area (Å²) in [6.45, 7) is 0. The predicted molar refractivity (Wildman–Crippen MR) is 167 cm³/mol. The van der Waals surface area contributed by atoms with Crippen molar-refractivity contribution in [3.63, 3.8) is 0 Å². The number of aromatic nitrogens is 2.